The van der Waals surface area contributed by atoms with Crippen molar-refractivity contribution < 1.29 is 14.2 Å². The number of hydrogen-bond acceptors (Lipinski definition) is 7. The van der Waals surface area contributed by atoms with Gasteiger partial charge in [0, 0.05) is 11.8 Å². The van der Waals surface area contributed by atoms with Crippen LogP contribution in [0.3, 0.4) is 0 Å². The summed E-state index contributed by atoms with van der Waals surface area (Å²) in [4.78, 5) is 5.60. The molecule has 0 aliphatic carbocycles. The summed E-state index contributed by atoms with van der Waals surface area (Å²) in [5, 5.41) is 9.26. The number of fused-ring (bicyclic) bond motifs is 2. The lowest BCUT2D eigenvalue weighted by Gasteiger charge is -2.12. The Kier molecular flexibility index (Phi) is 5.28. The molecule has 0 saturated carbocycles. The number of anilines is 2. The first kappa shape index (κ1) is 20.1. The van der Waals surface area contributed by atoms with Gasteiger partial charge >= 0.3 is 0 Å². The maximum Gasteiger partial charge on any atom is 0.162 e. The number of nitrogens with one attached hydrogen (secondary N) is 1. The van der Waals surface area contributed by atoms with E-state index in [1.165, 1.54) is 0 Å². The van der Waals surface area contributed by atoms with Crippen molar-refractivity contribution in [3.05, 3.63) is 60.8 Å². The minimum atomic E-state index is 0.578. The lowest BCUT2D eigenvalue weighted by molar-refractivity contribution is 0.311. The van der Waals surface area contributed by atoms with Crippen molar-refractivity contribution in [1.82, 2.24) is 14.6 Å². The largest absolute Gasteiger partial charge is 0.495 e. The molecule has 0 bridgehead atoms. The van der Waals surface area contributed by atoms with Gasteiger partial charge in [-0.25, -0.2) is 9.50 Å². The van der Waals surface area contributed by atoms with Crippen LogP contribution in [0.4, 0.5) is 11.5 Å². The zero-order valence-corrected chi connectivity index (χ0v) is 18.8. The Bertz CT molecular complexity index is 1410. The predicted molar refractivity (Wildman–Crippen MR) is 128 cm³/mol. The summed E-state index contributed by atoms with van der Waals surface area (Å²) in [6.45, 7) is 2.52. The summed E-state index contributed by atoms with van der Waals surface area (Å²) in [6.07, 6.45) is 1.85. The van der Waals surface area contributed by atoms with Gasteiger partial charge < -0.3 is 19.5 Å². The fourth-order valence-electron chi connectivity index (χ4n) is 3.60. The van der Waals surface area contributed by atoms with E-state index in [2.05, 4.69) is 22.4 Å². The summed E-state index contributed by atoms with van der Waals surface area (Å²) in [6, 6.07) is 17.8. The first-order valence-electron chi connectivity index (χ1n) is 10.2. The van der Waals surface area contributed by atoms with E-state index in [-0.39, 0.29) is 0 Å². The van der Waals surface area contributed by atoms with Gasteiger partial charge in [0.15, 0.2) is 23.0 Å². The van der Waals surface area contributed by atoms with E-state index >= 15 is 0 Å². The lowest BCUT2D eigenvalue weighted by Crippen LogP contribution is -2.01. The summed E-state index contributed by atoms with van der Waals surface area (Å²) < 4.78 is 19.5. The topological polar surface area (TPSA) is 69.9 Å². The molecule has 32 heavy (non-hydrogen) atoms. The van der Waals surface area contributed by atoms with E-state index in [0.717, 1.165) is 37.7 Å². The average Bonchev–Trinajstić information content (AvgIpc) is 3.43. The minimum absolute atomic E-state index is 0.578. The molecule has 5 rings (SSSR count). The standard InChI is InChI=1S/C24H22N4O3S/c1-4-31-18-9-8-16(13-20(18)30-3)26-22-10-11-23-25-14-17(28(23)27-22)21-12-15-6-5-7-19(29-2)24(15)32-21/h5-14H,4H2,1-3H3,(H,26,27). The molecule has 0 fully saturated rings. The molecule has 0 aliphatic heterocycles. The number of hydrogen-bond donors (Lipinski definition) is 1. The predicted octanol–water partition coefficient (Wildman–Crippen LogP) is 5.77. The molecule has 3 heterocycles. The van der Waals surface area contributed by atoms with Crippen molar-refractivity contribution in [1.29, 1.82) is 0 Å². The lowest BCUT2D eigenvalue weighted by atomic mass is 10.2. The number of benzene rings is 2. The molecule has 1 N–H and O–H groups in total. The third-order valence-corrected chi connectivity index (χ3v) is 6.27. The van der Waals surface area contributed by atoms with E-state index in [4.69, 9.17) is 19.3 Å². The number of thiophene rings is 1. The van der Waals surface area contributed by atoms with Crippen molar-refractivity contribution >= 4 is 38.6 Å². The van der Waals surface area contributed by atoms with Crippen LogP contribution in [0.2, 0.25) is 0 Å². The molecular weight excluding hydrogens is 424 g/mol. The first-order valence-corrected chi connectivity index (χ1v) is 11.0. The van der Waals surface area contributed by atoms with E-state index in [1.54, 1.807) is 25.6 Å². The van der Waals surface area contributed by atoms with Gasteiger partial charge in [-0.15, -0.1) is 16.4 Å². The van der Waals surface area contributed by atoms with E-state index < -0.39 is 0 Å². The van der Waals surface area contributed by atoms with Gasteiger partial charge in [0.25, 0.3) is 0 Å². The second-order valence-electron chi connectivity index (χ2n) is 7.04. The molecule has 0 spiro atoms. The zero-order chi connectivity index (χ0) is 22.1. The highest BCUT2D eigenvalue weighted by Gasteiger charge is 2.14. The van der Waals surface area contributed by atoms with Crippen LogP contribution in [0.25, 0.3) is 26.3 Å². The van der Waals surface area contributed by atoms with E-state index in [0.29, 0.717) is 23.9 Å². The van der Waals surface area contributed by atoms with Gasteiger partial charge in [-0.05, 0) is 48.7 Å². The fourth-order valence-corrected chi connectivity index (χ4v) is 4.75. The molecule has 0 radical (unpaired) electrons. The average molecular weight is 447 g/mol. The summed E-state index contributed by atoms with van der Waals surface area (Å²) in [5.41, 5.74) is 2.56. The molecule has 2 aromatic carbocycles. The Morgan fingerprint density at radius 1 is 0.969 bits per heavy atom. The molecule has 0 saturated heterocycles. The highest BCUT2D eigenvalue weighted by atomic mass is 32.1. The van der Waals surface area contributed by atoms with Gasteiger partial charge in [-0.3, -0.25) is 0 Å². The molecule has 7 nitrogen and oxygen atoms in total. The normalized spacial score (nSPS) is 11.1. The Morgan fingerprint density at radius 2 is 1.84 bits per heavy atom. The minimum Gasteiger partial charge on any atom is -0.495 e. The Labute approximate surface area is 189 Å². The summed E-state index contributed by atoms with van der Waals surface area (Å²) >= 11 is 1.67. The van der Waals surface area contributed by atoms with Crippen molar-refractivity contribution in [2.45, 2.75) is 6.92 Å². The Morgan fingerprint density at radius 3 is 2.66 bits per heavy atom. The molecule has 0 aliphatic rings. The zero-order valence-electron chi connectivity index (χ0n) is 18.0. The molecule has 5 aromatic rings. The first-order chi connectivity index (χ1) is 15.7. The second kappa shape index (κ2) is 8.39. The van der Waals surface area contributed by atoms with Crippen LogP contribution in [-0.2, 0) is 0 Å². The molecule has 0 atom stereocenters. The number of rotatable bonds is 7. The molecule has 8 heteroatoms. The maximum atomic E-state index is 5.60. The van der Waals surface area contributed by atoms with Crippen molar-refractivity contribution in [3.8, 4) is 27.8 Å². The van der Waals surface area contributed by atoms with Crippen molar-refractivity contribution in [3.63, 3.8) is 0 Å². The second-order valence-corrected chi connectivity index (χ2v) is 8.10. The van der Waals surface area contributed by atoms with Crippen molar-refractivity contribution in [2.24, 2.45) is 0 Å². The molecule has 0 unspecified atom stereocenters. The van der Waals surface area contributed by atoms with Gasteiger partial charge in [0.1, 0.15) is 11.4 Å². The molecule has 3 aromatic heterocycles. The summed E-state index contributed by atoms with van der Waals surface area (Å²) in [7, 11) is 3.32. The highest BCUT2D eigenvalue weighted by molar-refractivity contribution is 7.22. The molecular formula is C24H22N4O3S. The van der Waals surface area contributed by atoms with Crippen LogP contribution >= 0.6 is 11.3 Å². The van der Waals surface area contributed by atoms with Crippen LogP contribution in [0.15, 0.2) is 60.8 Å². The number of aromatic nitrogens is 3. The van der Waals surface area contributed by atoms with Crippen LogP contribution in [0, 0.1) is 0 Å². The smallest absolute Gasteiger partial charge is 0.162 e. The fraction of sp³-hybridized carbons (Fsp3) is 0.167. The van der Waals surface area contributed by atoms with Crippen molar-refractivity contribution in [2.75, 3.05) is 26.1 Å². The summed E-state index contributed by atoms with van der Waals surface area (Å²) in [5.74, 6) is 2.94. The van der Waals surface area contributed by atoms with Crippen LogP contribution in [-0.4, -0.2) is 35.4 Å². The van der Waals surface area contributed by atoms with E-state index in [1.807, 2.05) is 60.1 Å². The van der Waals surface area contributed by atoms with Crippen LogP contribution < -0.4 is 19.5 Å². The Balaban J connectivity index is 1.51. The van der Waals surface area contributed by atoms with Crippen LogP contribution in [0.1, 0.15) is 6.92 Å². The monoisotopic (exact) mass is 446 g/mol. The number of methoxy groups -OCH3 is 2. The van der Waals surface area contributed by atoms with E-state index in [9.17, 15) is 0 Å². The number of nitrogens with zero attached hydrogens (tertiary/aromatic N) is 3. The quantitative estimate of drug-likeness (QED) is 0.342. The Hall–Kier alpha value is -3.78. The van der Waals surface area contributed by atoms with Crippen LogP contribution in [0.5, 0.6) is 17.2 Å². The highest BCUT2D eigenvalue weighted by Crippen LogP contribution is 2.38. The molecule has 0 amide bonds. The number of ether oxygens (including phenoxy) is 3. The maximum absolute atomic E-state index is 5.60. The number of imidazole rings is 1. The van der Waals surface area contributed by atoms with Gasteiger partial charge in [0.05, 0.1) is 36.6 Å². The SMILES string of the molecule is CCOc1ccc(Nc2ccc3ncc(-c4cc5cccc(OC)c5s4)n3n2)cc1OC. The van der Waals surface area contributed by atoms with Gasteiger partial charge in [-0.1, -0.05) is 12.1 Å². The third-order valence-electron chi connectivity index (χ3n) is 5.08. The third kappa shape index (κ3) is 3.58. The van der Waals surface area contributed by atoms with Gasteiger partial charge in [-0.2, -0.15) is 0 Å². The molecule has 162 valence electrons. The van der Waals surface area contributed by atoms with Gasteiger partial charge in [0.2, 0.25) is 0 Å².